The van der Waals surface area contributed by atoms with E-state index in [4.69, 9.17) is 11.6 Å². The van der Waals surface area contributed by atoms with Crippen molar-refractivity contribution in [2.45, 2.75) is 25.7 Å². The molecule has 4 rings (SSSR count). The second-order valence-electron chi connectivity index (χ2n) is 6.69. The molecule has 0 atom stereocenters. The third-order valence-electron chi connectivity index (χ3n) is 4.93. The predicted molar refractivity (Wildman–Crippen MR) is 105 cm³/mol. The lowest BCUT2D eigenvalue weighted by atomic mass is 9.88. The molecule has 0 bridgehead atoms. The quantitative estimate of drug-likeness (QED) is 0.599. The SMILES string of the molecule is Cc1ccc(Cl)c(C2CCN(C(=O)c3nnc4ccc(Br)cn34)CC2)c1. The smallest absolute Gasteiger partial charge is 0.292 e. The lowest BCUT2D eigenvalue weighted by molar-refractivity contribution is 0.0699. The van der Waals surface area contributed by atoms with Crippen LogP contribution in [0.2, 0.25) is 5.02 Å². The molecule has 1 amide bonds. The Balaban J connectivity index is 1.51. The van der Waals surface area contributed by atoms with E-state index < -0.39 is 0 Å². The average Bonchev–Trinajstić information content (AvgIpc) is 3.06. The number of carbonyl (C=O) groups is 1. The number of pyridine rings is 1. The highest BCUT2D eigenvalue weighted by atomic mass is 79.9. The molecular weight excluding hydrogens is 416 g/mol. The van der Waals surface area contributed by atoms with Crippen LogP contribution in [0.3, 0.4) is 0 Å². The fraction of sp³-hybridized carbons (Fsp3) is 0.316. The van der Waals surface area contributed by atoms with Crippen LogP contribution in [-0.2, 0) is 0 Å². The molecule has 7 heteroatoms. The monoisotopic (exact) mass is 432 g/mol. The van der Waals surface area contributed by atoms with Crippen molar-refractivity contribution in [1.82, 2.24) is 19.5 Å². The van der Waals surface area contributed by atoms with Crippen LogP contribution in [0.4, 0.5) is 0 Å². The molecule has 0 saturated carbocycles. The molecule has 0 spiro atoms. The van der Waals surface area contributed by atoms with Crippen LogP contribution >= 0.6 is 27.5 Å². The van der Waals surface area contributed by atoms with E-state index in [1.54, 1.807) is 4.40 Å². The van der Waals surface area contributed by atoms with Gasteiger partial charge in [-0.1, -0.05) is 29.3 Å². The van der Waals surface area contributed by atoms with Gasteiger partial charge in [-0.2, -0.15) is 0 Å². The predicted octanol–water partition coefficient (Wildman–Crippen LogP) is 4.47. The van der Waals surface area contributed by atoms with Gasteiger partial charge in [0.1, 0.15) is 0 Å². The fourth-order valence-corrected chi connectivity index (χ4v) is 4.13. The summed E-state index contributed by atoms with van der Waals surface area (Å²) in [6, 6.07) is 9.87. The van der Waals surface area contributed by atoms with Crippen molar-refractivity contribution in [1.29, 1.82) is 0 Å². The first kappa shape index (κ1) is 17.5. The van der Waals surface area contributed by atoms with Gasteiger partial charge in [-0.15, -0.1) is 10.2 Å². The van der Waals surface area contributed by atoms with Gasteiger partial charge in [0.15, 0.2) is 5.65 Å². The number of carbonyl (C=O) groups excluding carboxylic acids is 1. The number of hydrogen-bond acceptors (Lipinski definition) is 3. The molecule has 2 aromatic heterocycles. The van der Waals surface area contributed by atoms with E-state index in [0.29, 0.717) is 30.5 Å². The molecule has 1 fully saturated rings. The maximum Gasteiger partial charge on any atom is 0.292 e. The van der Waals surface area contributed by atoms with Crippen molar-refractivity contribution in [2.24, 2.45) is 0 Å². The Morgan fingerprint density at radius 1 is 1.19 bits per heavy atom. The van der Waals surface area contributed by atoms with Crippen LogP contribution in [0, 0.1) is 6.92 Å². The summed E-state index contributed by atoms with van der Waals surface area (Å²) in [6.07, 6.45) is 3.62. The Morgan fingerprint density at radius 2 is 1.96 bits per heavy atom. The molecule has 1 aliphatic heterocycles. The van der Waals surface area contributed by atoms with Crippen molar-refractivity contribution in [3.8, 4) is 0 Å². The van der Waals surface area contributed by atoms with Crippen molar-refractivity contribution in [3.05, 3.63) is 63.0 Å². The third kappa shape index (κ3) is 3.23. The highest BCUT2D eigenvalue weighted by Gasteiger charge is 2.28. The minimum Gasteiger partial charge on any atom is -0.336 e. The van der Waals surface area contributed by atoms with Gasteiger partial charge < -0.3 is 4.90 Å². The number of halogens is 2. The van der Waals surface area contributed by atoms with Crippen molar-refractivity contribution >= 4 is 39.1 Å². The summed E-state index contributed by atoms with van der Waals surface area (Å²) in [6.45, 7) is 3.46. The Morgan fingerprint density at radius 3 is 2.73 bits per heavy atom. The number of piperidine rings is 1. The van der Waals surface area contributed by atoms with Crippen LogP contribution in [-0.4, -0.2) is 38.5 Å². The third-order valence-corrected chi connectivity index (χ3v) is 5.74. The van der Waals surface area contributed by atoms with Gasteiger partial charge in [-0.25, -0.2) is 0 Å². The fourth-order valence-electron chi connectivity index (χ4n) is 3.52. The molecule has 1 aliphatic rings. The van der Waals surface area contributed by atoms with Gasteiger partial charge in [0.2, 0.25) is 5.82 Å². The van der Waals surface area contributed by atoms with E-state index in [1.165, 1.54) is 11.1 Å². The largest absolute Gasteiger partial charge is 0.336 e. The van der Waals surface area contributed by atoms with Crippen LogP contribution in [0.15, 0.2) is 41.0 Å². The van der Waals surface area contributed by atoms with E-state index in [1.807, 2.05) is 35.4 Å². The summed E-state index contributed by atoms with van der Waals surface area (Å²) in [5.41, 5.74) is 3.07. The Bertz CT molecular complexity index is 979. The lowest BCUT2D eigenvalue weighted by Crippen LogP contribution is -2.38. The molecule has 1 saturated heterocycles. The zero-order valence-corrected chi connectivity index (χ0v) is 16.7. The summed E-state index contributed by atoms with van der Waals surface area (Å²) < 4.78 is 2.61. The molecule has 3 aromatic rings. The van der Waals surface area contributed by atoms with E-state index in [2.05, 4.69) is 39.1 Å². The molecule has 0 N–H and O–H groups in total. The maximum atomic E-state index is 12.9. The van der Waals surface area contributed by atoms with Gasteiger partial charge in [0.25, 0.3) is 5.91 Å². The number of amides is 1. The van der Waals surface area contributed by atoms with Gasteiger partial charge in [0, 0.05) is 28.8 Å². The van der Waals surface area contributed by atoms with E-state index in [0.717, 1.165) is 22.3 Å². The summed E-state index contributed by atoms with van der Waals surface area (Å²) in [5.74, 6) is 0.661. The average molecular weight is 434 g/mol. The number of nitrogens with zero attached hydrogens (tertiary/aromatic N) is 4. The summed E-state index contributed by atoms with van der Waals surface area (Å²) in [5, 5.41) is 8.99. The Kier molecular flexibility index (Phi) is 4.71. The van der Waals surface area contributed by atoms with Crippen molar-refractivity contribution < 1.29 is 4.79 Å². The first-order chi connectivity index (χ1) is 12.5. The zero-order chi connectivity index (χ0) is 18.3. The first-order valence-corrected chi connectivity index (χ1v) is 9.75. The topological polar surface area (TPSA) is 50.5 Å². The summed E-state index contributed by atoms with van der Waals surface area (Å²) in [7, 11) is 0. The maximum absolute atomic E-state index is 12.9. The summed E-state index contributed by atoms with van der Waals surface area (Å²) in [4.78, 5) is 14.8. The van der Waals surface area contributed by atoms with Gasteiger partial charge >= 0.3 is 0 Å². The minimum atomic E-state index is -0.0793. The van der Waals surface area contributed by atoms with E-state index in [9.17, 15) is 4.79 Å². The highest BCUT2D eigenvalue weighted by molar-refractivity contribution is 9.10. The van der Waals surface area contributed by atoms with Crippen molar-refractivity contribution in [3.63, 3.8) is 0 Å². The van der Waals surface area contributed by atoms with Crippen LogP contribution in [0.1, 0.15) is 40.5 Å². The normalized spacial score (nSPS) is 15.6. The van der Waals surface area contributed by atoms with Gasteiger partial charge in [-0.05, 0) is 65.4 Å². The number of hydrogen-bond donors (Lipinski definition) is 0. The molecule has 134 valence electrons. The summed E-state index contributed by atoms with van der Waals surface area (Å²) >= 11 is 9.81. The number of rotatable bonds is 2. The number of fused-ring (bicyclic) bond motifs is 1. The van der Waals surface area contributed by atoms with Crippen LogP contribution < -0.4 is 0 Å². The van der Waals surface area contributed by atoms with Crippen LogP contribution in [0.5, 0.6) is 0 Å². The standard InChI is InChI=1S/C19H18BrClN4O/c1-12-2-4-16(21)15(10-12)13-6-8-24(9-7-13)19(26)18-23-22-17-5-3-14(20)11-25(17)18/h2-5,10-11,13H,6-9H2,1H3. The van der Waals surface area contributed by atoms with Gasteiger partial charge in [-0.3, -0.25) is 9.20 Å². The Hall–Kier alpha value is -1.92. The first-order valence-electron chi connectivity index (χ1n) is 8.58. The number of likely N-dealkylation sites (tertiary alicyclic amines) is 1. The number of aromatic nitrogens is 3. The second-order valence-corrected chi connectivity index (χ2v) is 8.01. The van der Waals surface area contributed by atoms with E-state index in [-0.39, 0.29) is 5.91 Å². The Labute approximate surface area is 165 Å². The number of aryl methyl sites for hydroxylation is 1. The van der Waals surface area contributed by atoms with Crippen molar-refractivity contribution in [2.75, 3.05) is 13.1 Å². The second kappa shape index (κ2) is 7.00. The zero-order valence-electron chi connectivity index (χ0n) is 14.3. The molecule has 5 nitrogen and oxygen atoms in total. The molecule has 0 aliphatic carbocycles. The molecule has 3 heterocycles. The molecular formula is C19H18BrClN4O. The van der Waals surface area contributed by atoms with Gasteiger partial charge in [0.05, 0.1) is 0 Å². The van der Waals surface area contributed by atoms with E-state index >= 15 is 0 Å². The number of benzene rings is 1. The lowest BCUT2D eigenvalue weighted by Gasteiger charge is -2.32. The van der Waals surface area contributed by atoms with Crippen LogP contribution in [0.25, 0.3) is 5.65 Å². The molecule has 26 heavy (non-hydrogen) atoms. The minimum absolute atomic E-state index is 0.0793. The highest BCUT2D eigenvalue weighted by Crippen LogP contribution is 2.33. The molecule has 1 aromatic carbocycles. The molecule has 0 unspecified atom stereocenters. The molecule has 0 radical (unpaired) electrons.